The molecule has 0 radical (unpaired) electrons. The monoisotopic (exact) mass is 1750 g/mol. The average Bonchev–Trinajstić information content (AvgIpc) is 1.62. The number of rotatable bonds is 54. The van der Waals surface area contributed by atoms with Gasteiger partial charge in [-0.25, -0.2) is 0 Å². The highest BCUT2D eigenvalue weighted by atomic mass is 16.5. The van der Waals surface area contributed by atoms with Gasteiger partial charge in [0.2, 0.25) is 70.9 Å². The lowest BCUT2D eigenvalue weighted by Crippen LogP contribution is -2.61. The van der Waals surface area contributed by atoms with Crippen molar-refractivity contribution in [2.24, 2.45) is 23.1 Å². The largest absolute Gasteiger partial charge is 0.494 e. The van der Waals surface area contributed by atoms with E-state index in [1.54, 1.807) is 42.6 Å². The van der Waals surface area contributed by atoms with Crippen LogP contribution >= 0.6 is 0 Å². The lowest BCUT2D eigenvalue weighted by molar-refractivity contribution is -0.142. The summed E-state index contributed by atoms with van der Waals surface area (Å²) in [5, 5.41) is 95.6. The molecule has 0 aliphatic carbocycles. The predicted octanol–water partition coefficient (Wildman–Crippen LogP) is -4.67. The highest BCUT2D eigenvalue weighted by Gasteiger charge is 2.39. The number of carbonyl (C=O) groups is 20. The Balaban J connectivity index is 1.21. The van der Waals surface area contributed by atoms with Crippen molar-refractivity contribution in [2.45, 2.75) is 177 Å². The number of carboxylic acid groups (broad SMARTS) is 5. The van der Waals surface area contributed by atoms with E-state index in [4.69, 9.17) is 27.7 Å². The van der Waals surface area contributed by atoms with Gasteiger partial charge in [0.1, 0.15) is 66.2 Å². The summed E-state index contributed by atoms with van der Waals surface area (Å²) in [6.07, 6.45) is -4.13. The fraction of sp³-hybridized carbons (Fsp3) is 0.425. The number of hydrogen-bond donors (Lipinski definition) is 24. The number of primary amides is 1. The molecule has 5 aromatic rings. The zero-order chi connectivity index (χ0) is 93.1. The SMILES string of the molecule is CCCCCOc1ccc(-c2ccc(C(=O)N[C@@H](Cc3c[nH]c4ccccc34)C(=O)N[C@H](CC(N)=O)C(=O)N[C@@H](CC(=O)O)C(=O)N[C@H](C(=O)NCC(=O)N[C@@H](CCCN)C(=O)N[C@@H](CC(=O)O)C(=O)N[C@H](C)C(=O)N[C@@H](CC(=O)O)C(=O)NCC(=O)N[C@H](CO)C(=O)N[C@H](C(=O)c3cccc(C(=O)C[C@H](N)C(=O)O)c3N)[C@H](C)CC(=O)O)[C@@H](C)O)cc2)cc1. The van der Waals surface area contributed by atoms with Crippen molar-refractivity contribution in [2.75, 3.05) is 38.6 Å². The summed E-state index contributed by atoms with van der Waals surface area (Å²) in [5.74, 6) is -27.1. The maximum Gasteiger partial charge on any atom is 0.320 e. The number of nitrogens with two attached hydrogens (primary N) is 4. The van der Waals surface area contributed by atoms with E-state index in [0.717, 1.165) is 56.4 Å². The van der Waals surface area contributed by atoms with Gasteiger partial charge in [-0.1, -0.05) is 75.2 Å². The smallest absolute Gasteiger partial charge is 0.320 e. The number of para-hydroxylation sites is 2. The fourth-order valence-corrected chi connectivity index (χ4v) is 12.3. The first-order chi connectivity index (χ1) is 59.1. The molecule has 1 aromatic heterocycles. The lowest BCUT2D eigenvalue weighted by atomic mass is 9.88. The molecule has 0 saturated carbocycles. The van der Waals surface area contributed by atoms with E-state index < -0.39 is 266 Å². The highest BCUT2D eigenvalue weighted by Crippen LogP contribution is 2.27. The van der Waals surface area contributed by atoms with Crippen LogP contribution in [0.25, 0.3) is 22.0 Å². The Kier molecular flexibility index (Phi) is 40.1. The van der Waals surface area contributed by atoms with Gasteiger partial charge in [0.25, 0.3) is 5.91 Å². The Morgan fingerprint density at radius 3 is 1.51 bits per heavy atom. The van der Waals surface area contributed by atoms with E-state index in [0.29, 0.717) is 28.8 Å². The number of hydrogen-bond acceptors (Lipinski definition) is 26. The van der Waals surface area contributed by atoms with Crippen LogP contribution in [-0.4, -0.2) is 264 Å². The molecule has 45 nitrogen and oxygen atoms in total. The number of Topliss-reactive ketones (excluding diaryl/α,β-unsaturated/α-hetero) is 2. The number of carbonyl (C=O) groups excluding carboxylic acids is 15. The number of aromatic nitrogens is 1. The number of aliphatic hydroxyl groups is 2. The molecule has 676 valence electrons. The molecule has 45 heteroatoms. The van der Waals surface area contributed by atoms with Crippen LogP contribution in [0.2, 0.25) is 0 Å². The quantitative estimate of drug-likeness (QED) is 0.00988. The van der Waals surface area contributed by atoms with E-state index in [-0.39, 0.29) is 36.9 Å². The van der Waals surface area contributed by atoms with Gasteiger partial charge < -0.3 is 132 Å². The minimum atomic E-state index is -2.17. The number of aromatic amines is 1. The Bertz CT molecular complexity index is 4770. The van der Waals surface area contributed by atoms with Gasteiger partial charge in [-0.15, -0.1) is 0 Å². The van der Waals surface area contributed by atoms with E-state index in [1.807, 2.05) is 40.2 Å². The van der Waals surface area contributed by atoms with Crippen molar-refractivity contribution in [3.8, 4) is 16.9 Å². The summed E-state index contributed by atoms with van der Waals surface area (Å²) in [6.45, 7) is 2.23. The summed E-state index contributed by atoms with van der Waals surface area (Å²) in [5.41, 5.74) is 24.4. The molecule has 0 unspecified atom stereocenters. The minimum Gasteiger partial charge on any atom is -0.494 e. The van der Waals surface area contributed by atoms with Crippen molar-refractivity contribution in [3.05, 3.63) is 119 Å². The first kappa shape index (κ1) is 101. The van der Waals surface area contributed by atoms with Crippen LogP contribution < -0.4 is 91.5 Å². The molecule has 13 amide bonds. The van der Waals surface area contributed by atoms with E-state index in [2.05, 4.69) is 59.8 Å². The van der Waals surface area contributed by atoms with Crippen molar-refractivity contribution in [1.29, 1.82) is 0 Å². The zero-order valence-corrected chi connectivity index (χ0v) is 68.3. The fourth-order valence-electron chi connectivity index (χ4n) is 12.3. The first-order valence-corrected chi connectivity index (χ1v) is 39.1. The second-order valence-corrected chi connectivity index (χ2v) is 29.0. The molecule has 28 N–H and O–H groups in total. The Labute approximate surface area is 712 Å². The third kappa shape index (κ3) is 32.5. The third-order valence-electron chi connectivity index (χ3n) is 19.0. The standard InChI is InChI=1S/C80H103N17O28/c1-5-6-9-26-125-45-23-21-42(22-24-45)41-17-19-43(20-18-41)71(114)92-52(28-44-34-85-50-15-8-7-12-46(44)50)75(118)93-53(30-59(83)101)76(119)95-56(33-65(110)111)77(120)97-68(40(4)99)79(122)87-36-60(102)89-51(16-11-25-81)73(116)94-55(32-64(108)109)74(117)88-39(3)70(113)91-54(31-63(106)107)72(115)86-35-61(103)90-57(37-98)78(121)96-67(38(2)27-62(104)105)69(112)48-14-10-13-47(66(48)84)58(100)29-49(82)80(123)124/h7-8,10,12-15,17-24,34,38-40,49,51-57,67-68,85,98-99H,5-6,9,11,16,25-33,35-37,81-82,84H2,1-4H3,(H2,83,101)(H,86,115)(H,87,122)(H,88,117)(H,89,102)(H,90,103)(H,91,113)(H,92,114)(H,93,118)(H,94,116)(H,95,119)(H,96,121)(H,97,120)(H,104,105)(H,106,107)(H,108,109)(H,110,111)(H,123,124)/t38-,39-,40-,49+,51+,52+,53-,54+,55+,56+,57-,67+,68+/m1/s1. The number of unbranched alkanes of at least 4 members (excludes halogenated alkanes) is 2. The van der Waals surface area contributed by atoms with E-state index >= 15 is 0 Å². The maximum atomic E-state index is 14.5. The highest BCUT2D eigenvalue weighted by molar-refractivity contribution is 6.12. The number of ketones is 2. The summed E-state index contributed by atoms with van der Waals surface area (Å²) in [4.78, 5) is 267. The number of H-pyrrole nitrogens is 1. The molecule has 5 rings (SSSR count). The number of anilines is 1. The second kappa shape index (κ2) is 49.5. The van der Waals surface area contributed by atoms with Crippen LogP contribution in [0.5, 0.6) is 5.75 Å². The number of aliphatic carboxylic acids is 5. The molecule has 0 saturated heterocycles. The molecular formula is C80H103N17O28. The Hall–Kier alpha value is -14.3. The molecule has 0 bridgehead atoms. The number of aliphatic hydroxyl groups excluding tert-OH is 2. The summed E-state index contributed by atoms with van der Waals surface area (Å²) in [6, 6.07) is 3.26. The number of benzene rings is 4. The van der Waals surface area contributed by atoms with E-state index in [9.17, 15) is 132 Å². The molecular weight excluding hydrogens is 1650 g/mol. The molecule has 4 aromatic carbocycles. The molecule has 0 aliphatic heterocycles. The van der Waals surface area contributed by atoms with Crippen molar-refractivity contribution in [1.82, 2.24) is 68.8 Å². The summed E-state index contributed by atoms with van der Waals surface area (Å²) in [7, 11) is 0. The molecule has 0 fully saturated rings. The normalized spacial score (nSPS) is 14.1. The molecule has 1 heterocycles. The average molecular weight is 1750 g/mol. The topological polar surface area (TPSA) is 756 Å². The number of carboxylic acids is 5. The van der Waals surface area contributed by atoms with Gasteiger partial charge in [-0.05, 0) is 105 Å². The van der Waals surface area contributed by atoms with Crippen LogP contribution in [0.4, 0.5) is 5.69 Å². The lowest BCUT2D eigenvalue weighted by Gasteiger charge is -2.26. The van der Waals surface area contributed by atoms with Crippen molar-refractivity contribution >= 4 is 135 Å². The van der Waals surface area contributed by atoms with Gasteiger partial charge in [0, 0.05) is 46.6 Å². The van der Waals surface area contributed by atoms with Crippen LogP contribution in [0.1, 0.15) is 135 Å². The maximum absolute atomic E-state index is 14.5. The molecule has 125 heavy (non-hydrogen) atoms. The molecule has 13 atom stereocenters. The molecule has 0 aliphatic rings. The zero-order valence-electron chi connectivity index (χ0n) is 68.3. The van der Waals surface area contributed by atoms with Crippen molar-refractivity contribution in [3.63, 3.8) is 0 Å². The van der Waals surface area contributed by atoms with Crippen LogP contribution in [0.3, 0.4) is 0 Å². The van der Waals surface area contributed by atoms with Gasteiger partial charge >= 0.3 is 29.8 Å². The summed E-state index contributed by atoms with van der Waals surface area (Å²) >= 11 is 0. The van der Waals surface area contributed by atoms with Crippen LogP contribution in [0.15, 0.2) is 97.2 Å². The number of nitrogen functional groups attached to an aromatic ring is 1. The van der Waals surface area contributed by atoms with Gasteiger partial charge in [0.05, 0.1) is 76.2 Å². The van der Waals surface area contributed by atoms with Gasteiger partial charge in [-0.2, -0.15) is 0 Å². The number of amides is 13. The third-order valence-corrected chi connectivity index (χ3v) is 19.0. The van der Waals surface area contributed by atoms with Crippen LogP contribution in [0, 0.1) is 5.92 Å². The number of ether oxygens (including phenoxy) is 1. The Morgan fingerprint density at radius 2 is 0.968 bits per heavy atom. The van der Waals surface area contributed by atoms with Crippen LogP contribution in [-0.2, 0) is 87.9 Å². The number of nitrogens with one attached hydrogen (secondary N) is 13. The summed E-state index contributed by atoms with van der Waals surface area (Å²) < 4.78 is 5.82. The Morgan fingerprint density at radius 1 is 0.480 bits per heavy atom. The predicted molar refractivity (Wildman–Crippen MR) is 438 cm³/mol. The second-order valence-electron chi connectivity index (χ2n) is 29.0. The van der Waals surface area contributed by atoms with Gasteiger partial charge in [0.15, 0.2) is 11.6 Å². The van der Waals surface area contributed by atoms with Crippen molar-refractivity contribution < 1.29 is 136 Å². The minimum absolute atomic E-state index is 0.0551. The van der Waals surface area contributed by atoms with E-state index in [1.165, 1.54) is 25.1 Å². The first-order valence-electron chi connectivity index (χ1n) is 39.1. The number of fused-ring (bicyclic) bond motifs is 1. The molecule has 0 spiro atoms. The van der Waals surface area contributed by atoms with Gasteiger partial charge in [-0.3, -0.25) is 95.9 Å².